The zero-order valence-electron chi connectivity index (χ0n) is 13.2. The van der Waals surface area contributed by atoms with Crippen LogP contribution in [0.3, 0.4) is 0 Å². The predicted octanol–water partition coefficient (Wildman–Crippen LogP) is 3.35. The summed E-state index contributed by atoms with van der Waals surface area (Å²) in [5.41, 5.74) is 0. The summed E-state index contributed by atoms with van der Waals surface area (Å²) < 4.78 is 2.09. The highest BCUT2D eigenvalue weighted by Crippen LogP contribution is 2.29. The molecule has 5 heteroatoms. The zero-order valence-corrected chi connectivity index (χ0v) is 14.0. The Hall–Kier alpha value is -1.17. The monoisotopic (exact) mass is 319 g/mol. The third-order valence-corrected chi connectivity index (χ3v) is 5.61. The van der Waals surface area contributed by atoms with Gasteiger partial charge in [-0.2, -0.15) is 0 Å². The van der Waals surface area contributed by atoms with Crippen molar-refractivity contribution in [2.75, 3.05) is 6.54 Å². The largest absolute Gasteiger partial charge is 0.388 e. The summed E-state index contributed by atoms with van der Waals surface area (Å²) in [5, 5.41) is 12.6. The Morgan fingerprint density at radius 3 is 3.05 bits per heavy atom. The Kier molecular flexibility index (Phi) is 5.28. The topological polar surface area (TPSA) is 41.3 Å². The lowest BCUT2D eigenvalue weighted by atomic mass is 10.0. The van der Waals surface area contributed by atoms with Crippen LogP contribution in [-0.2, 0) is 13.6 Å². The second-order valence-corrected chi connectivity index (χ2v) is 7.17. The van der Waals surface area contributed by atoms with Crippen LogP contribution in [0.1, 0.15) is 48.9 Å². The van der Waals surface area contributed by atoms with E-state index in [0.29, 0.717) is 6.04 Å². The smallest absolute Gasteiger partial charge is 0.122 e. The van der Waals surface area contributed by atoms with E-state index in [-0.39, 0.29) is 6.10 Å². The number of aliphatic hydroxyl groups excluding tert-OH is 1. The highest BCUT2D eigenvalue weighted by Gasteiger charge is 2.25. The Bertz CT molecular complexity index is 566. The summed E-state index contributed by atoms with van der Waals surface area (Å²) in [5.74, 6) is 1.11. The lowest BCUT2D eigenvalue weighted by Crippen LogP contribution is -2.36. The molecule has 0 bridgehead atoms. The molecule has 2 aromatic rings. The number of thiophene rings is 1. The van der Waals surface area contributed by atoms with Gasteiger partial charge in [-0.1, -0.05) is 18.9 Å². The first-order valence-electron chi connectivity index (χ1n) is 8.16. The minimum Gasteiger partial charge on any atom is -0.388 e. The average Bonchev–Trinajstić information content (AvgIpc) is 3.12. The maximum absolute atomic E-state index is 10.5. The van der Waals surface area contributed by atoms with Crippen LogP contribution in [-0.4, -0.2) is 32.1 Å². The highest BCUT2D eigenvalue weighted by atomic mass is 32.1. The number of rotatable bonds is 5. The Morgan fingerprint density at radius 1 is 1.41 bits per heavy atom. The summed E-state index contributed by atoms with van der Waals surface area (Å²) in [6.45, 7) is 1.99. The molecule has 0 amide bonds. The van der Waals surface area contributed by atoms with E-state index in [2.05, 4.69) is 21.5 Å². The summed E-state index contributed by atoms with van der Waals surface area (Å²) >= 11 is 1.65. The molecule has 1 saturated heterocycles. The van der Waals surface area contributed by atoms with Crippen molar-refractivity contribution in [3.05, 3.63) is 40.6 Å². The van der Waals surface area contributed by atoms with Crippen LogP contribution in [0.25, 0.3) is 0 Å². The molecule has 0 aromatic carbocycles. The van der Waals surface area contributed by atoms with Crippen LogP contribution in [0, 0.1) is 0 Å². The third kappa shape index (κ3) is 3.77. The van der Waals surface area contributed by atoms with Gasteiger partial charge in [0.25, 0.3) is 0 Å². The number of imidazole rings is 1. The number of aromatic nitrogens is 2. The number of hydrogen-bond acceptors (Lipinski definition) is 4. The molecule has 2 aromatic heterocycles. The molecule has 2 atom stereocenters. The van der Waals surface area contributed by atoms with Crippen molar-refractivity contribution in [3.63, 3.8) is 0 Å². The van der Waals surface area contributed by atoms with Gasteiger partial charge in [0.15, 0.2) is 0 Å². The number of nitrogens with zero attached hydrogens (tertiary/aromatic N) is 3. The van der Waals surface area contributed by atoms with Gasteiger partial charge in [0.05, 0.1) is 12.6 Å². The van der Waals surface area contributed by atoms with Crippen molar-refractivity contribution in [1.82, 2.24) is 14.5 Å². The highest BCUT2D eigenvalue weighted by molar-refractivity contribution is 7.10. The van der Waals surface area contributed by atoms with E-state index < -0.39 is 0 Å². The van der Waals surface area contributed by atoms with Crippen molar-refractivity contribution < 1.29 is 5.11 Å². The molecule has 0 spiro atoms. The minimum atomic E-state index is -0.341. The number of hydrogen-bond donors (Lipinski definition) is 1. The normalized spacial score (nSPS) is 21.6. The molecule has 1 aliphatic heterocycles. The van der Waals surface area contributed by atoms with Crippen molar-refractivity contribution in [1.29, 1.82) is 0 Å². The molecule has 0 saturated carbocycles. The maximum Gasteiger partial charge on any atom is 0.122 e. The lowest BCUT2D eigenvalue weighted by molar-refractivity contribution is 0.0976. The Labute approximate surface area is 136 Å². The number of likely N-dealkylation sites (tertiary alicyclic amines) is 1. The second kappa shape index (κ2) is 7.40. The molecule has 1 aliphatic rings. The van der Waals surface area contributed by atoms with Crippen LogP contribution < -0.4 is 0 Å². The minimum absolute atomic E-state index is 0.341. The summed E-state index contributed by atoms with van der Waals surface area (Å²) in [7, 11) is 2.05. The first-order chi connectivity index (χ1) is 10.7. The van der Waals surface area contributed by atoms with Crippen LogP contribution in [0.2, 0.25) is 0 Å². The zero-order chi connectivity index (χ0) is 15.4. The molecule has 4 nitrogen and oxygen atoms in total. The van der Waals surface area contributed by atoms with Gasteiger partial charge in [0, 0.05) is 30.4 Å². The van der Waals surface area contributed by atoms with Crippen molar-refractivity contribution >= 4 is 11.3 Å². The fourth-order valence-corrected chi connectivity index (χ4v) is 4.02. The molecule has 22 heavy (non-hydrogen) atoms. The van der Waals surface area contributed by atoms with E-state index in [0.717, 1.165) is 30.2 Å². The SMILES string of the molecule is Cn1ccnc1CN1CCCCCC1CC(O)c1cccs1. The van der Waals surface area contributed by atoms with E-state index in [1.54, 1.807) is 11.3 Å². The molecule has 1 fully saturated rings. The molecule has 2 unspecified atom stereocenters. The van der Waals surface area contributed by atoms with Crippen molar-refractivity contribution in [2.24, 2.45) is 7.05 Å². The Balaban J connectivity index is 1.69. The predicted molar refractivity (Wildman–Crippen MR) is 89.8 cm³/mol. The van der Waals surface area contributed by atoms with Crippen LogP contribution in [0.4, 0.5) is 0 Å². The van der Waals surface area contributed by atoms with Gasteiger partial charge >= 0.3 is 0 Å². The fraction of sp³-hybridized carbons (Fsp3) is 0.588. The average molecular weight is 319 g/mol. The summed E-state index contributed by atoms with van der Waals surface area (Å²) in [4.78, 5) is 8.07. The summed E-state index contributed by atoms with van der Waals surface area (Å²) in [6, 6.07) is 4.49. The van der Waals surface area contributed by atoms with Crippen molar-refractivity contribution in [3.8, 4) is 0 Å². The maximum atomic E-state index is 10.5. The standard InChI is InChI=1S/C17H25N3OS/c1-19-10-8-18-17(19)13-20-9-4-2-3-6-14(20)12-15(21)16-7-5-11-22-16/h5,7-8,10-11,14-15,21H,2-4,6,9,12-13H2,1H3. The van der Waals surface area contributed by atoms with E-state index in [1.165, 1.54) is 25.7 Å². The van der Waals surface area contributed by atoms with Gasteiger partial charge < -0.3 is 9.67 Å². The van der Waals surface area contributed by atoms with E-state index in [1.807, 2.05) is 29.9 Å². The molecule has 0 aliphatic carbocycles. The van der Waals surface area contributed by atoms with E-state index in [4.69, 9.17) is 0 Å². The van der Waals surface area contributed by atoms with E-state index in [9.17, 15) is 5.11 Å². The van der Waals surface area contributed by atoms with Gasteiger partial charge in [-0.25, -0.2) is 4.98 Å². The molecule has 0 radical (unpaired) electrons. The molecular weight excluding hydrogens is 294 g/mol. The third-order valence-electron chi connectivity index (χ3n) is 4.63. The quantitative estimate of drug-likeness (QED) is 0.919. The van der Waals surface area contributed by atoms with Gasteiger partial charge in [-0.15, -0.1) is 11.3 Å². The van der Waals surface area contributed by atoms with Gasteiger partial charge in [0.1, 0.15) is 5.82 Å². The molecule has 3 heterocycles. The summed E-state index contributed by atoms with van der Waals surface area (Å²) in [6.07, 6.45) is 9.33. The van der Waals surface area contributed by atoms with Crippen molar-refractivity contribution in [2.45, 2.75) is 50.8 Å². The van der Waals surface area contributed by atoms with Gasteiger partial charge in [-0.3, -0.25) is 4.90 Å². The van der Waals surface area contributed by atoms with Crippen LogP contribution >= 0.6 is 11.3 Å². The lowest BCUT2D eigenvalue weighted by Gasteiger charge is -2.31. The van der Waals surface area contributed by atoms with Gasteiger partial charge in [-0.05, 0) is 37.3 Å². The molecule has 1 N–H and O–H groups in total. The number of aryl methyl sites for hydroxylation is 1. The molecule has 120 valence electrons. The van der Waals surface area contributed by atoms with Gasteiger partial charge in [0.2, 0.25) is 0 Å². The fourth-order valence-electron chi connectivity index (χ4n) is 3.30. The molecule has 3 rings (SSSR count). The van der Waals surface area contributed by atoms with E-state index >= 15 is 0 Å². The molecular formula is C17H25N3OS. The second-order valence-electron chi connectivity index (χ2n) is 6.19. The first kappa shape index (κ1) is 15.7. The number of aliphatic hydroxyl groups is 1. The first-order valence-corrected chi connectivity index (χ1v) is 9.03. The van der Waals surface area contributed by atoms with Crippen LogP contribution in [0.5, 0.6) is 0 Å². The van der Waals surface area contributed by atoms with Crippen LogP contribution in [0.15, 0.2) is 29.9 Å². The Morgan fingerprint density at radius 2 is 2.32 bits per heavy atom.